The molecule has 1 amide bonds. The van der Waals surface area contributed by atoms with E-state index in [-0.39, 0.29) is 36.0 Å². The Hall–Kier alpha value is -3.93. The number of ether oxygens (including phenoxy) is 3. The molecule has 4 rings (SSSR count). The van der Waals surface area contributed by atoms with E-state index in [2.05, 4.69) is 5.32 Å². The molecule has 200 valence electrons. The summed E-state index contributed by atoms with van der Waals surface area (Å²) in [5.74, 6) is -1.02. The van der Waals surface area contributed by atoms with Crippen molar-refractivity contribution in [3.8, 4) is 5.75 Å². The van der Waals surface area contributed by atoms with Crippen LogP contribution in [0.1, 0.15) is 0 Å². The number of esters is 1. The highest BCUT2D eigenvalue weighted by molar-refractivity contribution is 7.89. The fraction of sp³-hybridized carbons (Fsp3) is 0.259. The lowest BCUT2D eigenvalue weighted by Crippen LogP contribution is -2.40. The molecule has 0 spiro atoms. The number of carbonyl (C=O) groups excluding carboxylic acids is 2. The number of amides is 1. The number of hydrogen-bond acceptors (Lipinski definition) is 8. The van der Waals surface area contributed by atoms with Gasteiger partial charge in [0.1, 0.15) is 12.3 Å². The van der Waals surface area contributed by atoms with Crippen molar-refractivity contribution in [2.24, 2.45) is 0 Å². The third-order valence-electron chi connectivity index (χ3n) is 5.84. The van der Waals surface area contributed by atoms with Gasteiger partial charge in [0.15, 0.2) is 6.61 Å². The van der Waals surface area contributed by atoms with Crippen LogP contribution in [0.3, 0.4) is 0 Å². The summed E-state index contributed by atoms with van der Waals surface area (Å²) < 4.78 is 43.0. The van der Waals surface area contributed by atoms with Gasteiger partial charge in [-0.05, 0) is 36.4 Å². The van der Waals surface area contributed by atoms with E-state index in [1.165, 1.54) is 29.6 Å². The topological polar surface area (TPSA) is 114 Å². The van der Waals surface area contributed by atoms with Crippen molar-refractivity contribution < 1.29 is 32.2 Å². The Bertz CT molecular complexity index is 1310. The molecule has 10 nitrogen and oxygen atoms in total. The summed E-state index contributed by atoms with van der Waals surface area (Å²) in [6.07, 6.45) is 0. The molecule has 1 aliphatic rings. The van der Waals surface area contributed by atoms with Crippen LogP contribution >= 0.6 is 0 Å². The Morgan fingerprint density at radius 1 is 0.947 bits per heavy atom. The van der Waals surface area contributed by atoms with Gasteiger partial charge in [-0.1, -0.05) is 36.4 Å². The minimum atomic E-state index is -3.73. The maximum atomic E-state index is 12.9. The van der Waals surface area contributed by atoms with Crippen LogP contribution in [0, 0.1) is 0 Å². The second-order valence-corrected chi connectivity index (χ2v) is 10.3. The summed E-state index contributed by atoms with van der Waals surface area (Å²) in [5.41, 5.74) is 1.86. The standard InChI is InChI=1S/C27H29N3O7S/c1-35-25-18-23(38(33,34)29-14-16-36-17-15-29)12-13-24(25)28-26(31)20-37-27(32)19-30(21-8-4-2-5-9-21)22-10-6-3-7-11-22/h2-13,18H,14-17,19-20H2,1H3,(H,28,31). The highest BCUT2D eigenvalue weighted by Gasteiger charge is 2.27. The predicted octanol–water partition coefficient (Wildman–Crippen LogP) is 3.04. The Morgan fingerprint density at radius 2 is 1.55 bits per heavy atom. The molecule has 0 aliphatic carbocycles. The van der Waals surface area contributed by atoms with Crippen LogP contribution in [0.5, 0.6) is 5.75 Å². The predicted molar refractivity (Wildman–Crippen MR) is 142 cm³/mol. The van der Waals surface area contributed by atoms with Gasteiger partial charge in [0, 0.05) is 30.5 Å². The number of para-hydroxylation sites is 2. The van der Waals surface area contributed by atoms with Crippen molar-refractivity contribution in [1.82, 2.24) is 4.31 Å². The van der Waals surface area contributed by atoms with Crippen LogP contribution in [0.25, 0.3) is 0 Å². The van der Waals surface area contributed by atoms with Crippen LogP contribution in [-0.4, -0.2) is 71.2 Å². The van der Waals surface area contributed by atoms with Crippen molar-refractivity contribution in [2.75, 3.05) is 56.8 Å². The van der Waals surface area contributed by atoms with Gasteiger partial charge in [-0.3, -0.25) is 9.59 Å². The van der Waals surface area contributed by atoms with Crippen LogP contribution in [0.15, 0.2) is 83.8 Å². The first kappa shape index (κ1) is 27.1. The first-order valence-electron chi connectivity index (χ1n) is 12.0. The van der Waals surface area contributed by atoms with E-state index in [0.717, 1.165) is 11.4 Å². The molecular weight excluding hydrogens is 510 g/mol. The van der Waals surface area contributed by atoms with Gasteiger partial charge in [-0.25, -0.2) is 8.42 Å². The smallest absolute Gasteiger partial charge is 0.326 e. The molecule has 1 saturated heterocycles. The van der Waals surface area contributed by atoms with E-state index in [4.69, 9.17) is 14.2 Å². The van der Waals surface area contributed by atoms with Crippen LogP contribution in [0.2, 0.25) is 0 Å². The van der Waals surface area contributed by atoms with E-state index in [1.807, 2.05) is 60.7 Å². The Morgan fingerprint density at radius 3 is 2.13 bits per heavy atom. The quantitative estimate of drug-likeness (QED) is 0.391. The zero-order valence-corrected chi connectivity index (χ0v) is 21.7. The molecule has 1 aliphatic heterocycles. The number of anilines is 3. The van der Waals surface area contributed by atoms with E-state index in [0.29, 0.717) is 13.2 Å². The number of nitrogens with zero attached hydrogens (tertiary/aromatic N) is 2. The number of methoxy groups -OCH3 is 1. The van der Waals surface area contributed by atoms with Crippen molar-refractivity contribution in [1.29, 1.82) is 0 Å². The van der Waals surface area contributed by atoms with Crippen LogP contribution < -0.4 is 15.0 Å². The molecule has 0 radical (unpaired) electrons. The van der Waals surface area contributed by atoms with E-state index in [1.54, 1.807) is 4.90 Å². The van der Waals surface area contributed by atoms with Gasteiger partial charge < -0.3 is 24.4 Å². The normalized spacial score (nSPS) is 13.9. The molecule has 38 heavy (non-hydrogen) atoms. The van der Waals surface area contributed by atoms with Gasteiger partial charge in [0.05, 0.1) is 30.9 Å². The summed E-state index contributed by atoms with van der Waals surface area (Å²) in [4.78, 5) is 27.0. The van der Waals surface area contributed by atoms with Gasteiger partial charge >= 0.3 is 5.97 Å². The molecule has 0 bridgehead atoms. The maximum absolute atomic E-state index is 12.9. The van der Waals surface area contributed by atoms with Crippen molar-refractivity contribution in [3.63, 3.8) is 0 Å². The van der Waals surface area contributed by atoms with Crippen molar-refractivity contribution >= 4 is 39.0 Å². The van der Waals surface area contributed by atoms with E-state index < -0.39 is 28.5 Å². The van der Waals surface area contributed by atoms with Gasteiger partial charge in [-0.15, -0.1) is 0 Å². The summed E-state index contributed by atoms with van der Waals surface area (Å²) in [5, 5.41) is 2.61. The monoisotopic (exact) mass is 539 g/mol. The van der Waals surface area contributed by atoms with Crippen molar-refractivity contribution in [3.05, 3.63) is 78.9 Å². The largest absolute Gasteiger partial charge is 0.495 e. The Labute approximate surface area is 221 Å². The molecule has 1 heterocycles. The van der Waals surface area contributed by atoms with Crippen LogP contribution in [-0.2, 0) is 29.1 Å². The zero-order valence-electron chi connectivity index (χ0n) is 20.9. The van der Waals surface area contributed by atoms with E-state index in [9.17, 15) is 18.0 Å². The highest BCUT2D eigenvalue weighted by Crippen LogP contribution is 2.29. The van der Waals surface area contributed by atoms with Gasteiger partial charge in [0.25, 0.3) is 5.91 Å². The summed E-state index contributed by atoms with van der Waals surface area (Å²) in [6.45, 7) is 0.572. The SMILES string of the molecule is COc1cc(S(=O)(=O)N2CCOCC2)ccc1NC(=O)COC(=O)CN(c1ccccc1)c1ccccc1. The molecule has 0 saturated carbocycles. The molecule has 0 atom stereocenters. The second kappa shape index (κ2) is 12.5. The minimum Gasteiger partial charge on any atom is -0.495 e. The lowest BCUT2D eigenvalue weighted by atomic mass is 10.2. The Balaban J connectivity index is 1.38. The molecular formula is C27H29N3O7S. The van der Waals surface area contributed by atoms with Crippen molar-refractivity contribution in [2.45, 2.75) is 4.90 Å². The molecule has 3 aromatic carbocycles. The number of benzene rings is 3. The number of carbonyl (C=O) groups is 2. The van der Waals surface area contributed by atoms with Gasteiger partial charge in [0.2, 0.25) is 10.0 Å². The van der Waals surface area contributed by atoms with Crippen LogP contribution in [0.4, 0.5) is 17.1 Å². The zero-order chi connectivity index (χ0) is 27.0. The third kappa shape index (κ3) is 6.68. The number of sulfonamides is 1. The average molecular weight is 540 g/mol. The number of hydrogen-bond donors (Lipinski definition) is 1. The average Bonchev–Trinajstić information content (AvgIpc) is 2.96. The lowest BCUT2D eigenvalue weighted by Gasteiger charge is -2.26. The first-order valence-corrected chi connectivity index (χ1v) is 13.4. The molecule has 3 aromatic rings. The first-order chi connectivity index (χ1) is 18.4. The van der Waals surface area contributed by atoms with E-state index >= 15 is 0 Å². The molecule has 1 N–H and O–H groups in total. The summed E-state index contributed by atoms with van der Waals surface area (Å²) in [6, 6.07) is 22.9. The van der Waals surface area contributed by atoms with Gasteiger partial charge in [-0.2, -0.15) is 4.31 Å². The number of nitrogens with one attached hydrogen (secondary N) is 1. The Kier molecular flexibility index (Phi) is 8.95. The third-order valence-corrected chi connectivity index (χ3v) is 7.74. The highest BCUT2D eigenvalue weighted by atomic mass is 32.2. The number of rotatable bonds is 10. The molecule has 1 fully saturated rings. The fourth-order valence-electron chi connectivity index (χ4n) is 3.93. The number of morpholine rings is 1. The molecule has 0 aromatic heterocycles. The summed E-state index contributed by atoms with van der Waals surface area (Å²) in [7, 11) is -2.36. The second-order valence-electron chi connectivity index (χ2n) is 8.34. The minimum absolute atomic E-state index is 0.0441. The lowest BCUT2D eigenvalue weighted by molar-refractivity contribution is -0.145. The fourth-order valence-corrected chi connectivity index (χ4v) is 5.35. The summed E-state index contributed by atoms with van der Waals surface area (Å²) >= 11 is 0. The molecule has 0 unspecified atom stereocenters. The maximum Gasteiger partial charge on any atom is 0.326 e. The molecule has 11 heteroatoms.